The Kier molecular flexibility index (Phi) is 15.5. The van der Waals surface area contributed by atoms with E-state index < -0.39 is 48.3 Å². The van der Waals surface area contributed by atoms with Gasteiger partial charge in [0.25, 0.3) is 0 Å². The number of hydrogen-bond acceptors (Lipinski definition) is 12. The highest BCUT2D eigenvalue weighted by molar-refractivity contribution is 5.82. The number of aromatic amines is 6. The maximum atomic E-state index is 9.74. The van der Waals surface area contributed by atoms with Gasteiger partial charge in [-0.1, -0.05) is 0 Å². The van der Waals surface area contributed by atoms with Gasteiger partial charge >= 0.3 is 23.6 Å². The van der Waals surface area contributed by atoms with E-state index in [1.165, 1.54) is 0 Å². The number of aliphatic hydroxyl groups is 4. The molecule has 4 atom stereocenters. The van der Waals surface area contributed by atoms with Crippen molar-refractivity contribution in [2.45, 2.75) is 24.4 Å². The molecule has 41 heavy (non-hydrogen) atoms. The molecule has 0 spiro atoms. The van der Waals surface area contributed by atoms with Gasteiger partial charge in [0.05, 0.1) is 11.9 Å². The van der Waals surface area contributed by atoms with Gasteiger partial charge in [0.1, 0.15) is 37.0 Å². The van der Waals surface area contributed by atoms with E-state index >= 15 is 0 Å². The molecule has 0 amide bonds. The van der Waals surface area contributed by atoms with Crippen LogP contribution in [0.2, 0.25) is 0 Å². The molecule has 0 unspecified atom stereocenters. The molecule has 0 saturated heterocycles. The van der Waals surface area contributed by atoms with Crippen LogP contribution in [-0.2, 0) is 19.2 Å². The maximum Gasteiger partial charge on any atom is 0.335 e. The van der Waals surface area contributed by atoms with Crippen molar-refractivity contribution in [2.24, 2.45) is 0 Å². The molecular formula is C20H26N8O13. The van der Waals surface area contributed by atoms with Crippen LogP contribution in [0.15, 0.2) is 49.6 Å². The van der Waals surface area contributed by atoms with Crippen molar-refractivity contribution in [1.29, 1.82) is 0 Å². The standard InChI is InChI=1S/2C6H6N4.2C4H6O6.H2O/c2*1-2-8-5(7-1)6-9-3-4-10-6;2*5-1(3(7)8)2(6)4(9)10;/h2*1-4H,(H,7,8)(H,9,10);2*1-2,5-6H,(H,7,8)(H,9,10);1H2/t;;2*1-,2-;/m..11./s1. The number of hydrogen-bond donors (Lipinski definition) is 10. The minimum Gasteiger partial charge on any atom is -0.547 e. The van der Waals surface area contributed by atoms with Gasteiger partial charge in [-0.05, 0) is 0 Å². The van der Waals surface area contributed by atoms with Crippen LogP contribution in [-0.4, -0.2) is 114 Å². The summed E-state index contributed by atoms with van der Waals surface area (Å²) in [4.78, 5) is 64.8. The molecule has 0 aromatic carbocycles. The molecule has 0 aliphatic heterocycles. The predicted octanol–water partition coefficient (Wildman–Crippen LogP) is -7.30. The van der Waals surface area contributed by atoms with E-state index in [1.54, 1.807) is 24.8 Å². The van der Waals surface area contributed by atoms with Crippen LogP contribution in [0.5, 0.6) is 0 Å². The van der Waals surface area contributed by atoms with Crippen molar-refractivity contribution in [3.05, 3.63) is 49.6 Å². The van der Waals surface area contributed by atoms with Crippen LogP contribution in [0.25, 0.3) is 23.3 Å². The maximum absolute atomic E-state index is 9.74. The number of carboxylic acids is 4. The largest absolute Gasteiger partial charge is 0.547 e. The minimum absolute atomic E-state index is 0. The molecule has 14 N–H and O–H groups in total. The first-order chi connectivity index (χ1) is 18.9. The summed E-state index contributed by atoms with van der Waals surface area (Å²) in [6, 6.07) is 0. The summed E-state index contributed by atoms with van der Waals surface area (Å²) in [5, 5.41) is 68.3. The number of nitrogens with zero attached hydrogens (tertiary/aromatic N) is 2. The number of aliphatic hydroxyl groups excluding tert-OH is 4. The molecular weight excluding hydrogens is 560 g/mol. The van der Waals surface area contributed by atoms with Gasteiger partial charge in [-0.3, -0.25) is 0 Å². The Labute approximate surface area is 227 Å². The van der Waals surface area contributed by atoms with Gasteiger partial charge in [-0.2, -0.15) is 0 Å². The lowest BCUT2D eigenvalue weighted by Crippen LogP contribution is -2.46. The summed E-state index contributed by atoms with van der Waals surface area (Å²) in [6.07, 6.45) is 4.85. The van der Waals surface area contributed by atoms with E-state index in [4.69, 9.17) is 30.6 Å². The highest BCUT2D eigenvalue weighted by atomic mass is 16.4. The van der Waals surface area contributed by atoms with Gasteiger partial charge in [-0.15, -0.1) is 0 Å². The van der Waals surface area contributed by atoms with Crippen molar-refractivity contribution in [1.82, 2.24) is 29.9 Å². The molecule has 4 heterocycles. The highest BCUT2D eigenvalue weighted by Crippen LogP contribution is 2.02. The van der Waals surface area contributed by atoms with E-state index in [9.17, 15) is 29.4 Å². The van der Waals surface area contributed by atoms with Crippen molar-refractivity contribution in [3.8, 4) is 23.3 Å². The molecule has 0 saturated carbocycles. The summed E-state index contributed by atoms with van der Waals surface area (Å²) in [5.41, 5.74) is 0. The zero-order chi connectivity index (χ0) is 30.2. The number of rotatable bonds is 8. The Balaban J connectivity index is 0.000000516. The van der Waals surface area contributed by atoms with Crippen molar-refractivity contribution in [3.63, 3.8) is 0 Å². The molecule has 0 aliphatic rings. The second kappa shape index (κ2) is 17.9. The van der Waals surface area contributed by atoms with Gasteiger partial charge in [0.15, 0.2) is 12.2 Å². The topological polar surface area (TPSA) is 384 Å². The monoisotopic (exact) mass is 586 g/mol. The number of nitrogens with one attached hydrogen (secondary N) is 6. The Bertz CT molecular complexity index is 1080. The Hall–Kier alpha value is -5.48. The zero-order valence-corrected chi connectivity index (χ0v) is 20.5. The lowest BCUT2D eigenvalue weighted by molar-refractivity contribution is -0.363. The number of carbonyl (C=O) groups is 4. The summed E-state index contributed by atoms with van der Waals surface area (Å²) >= 11 is 0. The van der Waals surface area contributed by atoms with Crippen LogP contribution < -0.4 is 20.2 Å². The van der Waals surface area contributed by atoms with Crippen molar-refractivity contribution >= 4 is 23.9 Å². The number of imidazole rings is 4. The molecule has 4 aromatic heterocycles. The fraction of sp³-hybridized carbons (Fsp3) is 0.200. The predicted molar refractivity (Wildman–Crippen MR) is 123 cm³/mol. The molecule has 224 valence electrons. The van der Waals surface area contributed by atoms with E-state index in [2.05, 4.69) is 39.9 Å². The average molecular weight is 586 g/mol. The van der Waals surface area contributed by atoms with E-state index in [1.807, 2.05) is 24.8 Å². The molecule has 0 radical (unpaired) electrons. The third kappa shape index (κ3) is 12.3. The van der Waals surface area contributed by atoms with Crippen LogP contribution in [0, 0.1) is 0 Å². The zero-order valence-electron chi connectivity index (χ0n) is 20.5. The second-order valence-electron chi connectivity index (χ2n) is 6.96. The number of H-pyrrole nitrogens is 6. The third-order valence-electron chi connectivity index (χ3n) is 4.13. The molecule has 0 aliphatic carbocycles. The lowest BCUT2D eigenvalue weighted by Gasteiger charge is -2.13. The number of carbonyl (C=O) groups excluding carboxylic acids is 2. The summed E-state index contributed by atoms with van der Waals surface area (Å²) in [7, 11) is 0. The molecule has 0 fully saturated rings. The fourth-order valence-corrected chi connectivity index (χ4v) is 2.19. The van der Waals surface area contributed by atoms with E-state index in [0.29, 0.717) is 0 Å². The number of aliphatic carboxylic acids is 4. The highest BCUT2D eigenvalue weighted by Gasteiger charge is 2.24. The van der Waals surface area contributed by atoms with Gasteiger partial charge in [-0.25, -0.2) is 39.5 Å². The van der Waals surface area contributed by atoms with Gasteiger partial charge < -0.3 is 65.9 Å². The van der Waals surface area contributed by atoms with Gasteiger partial charge in [0, 0.05) is 24.8 Å². The SMILES string of the molecule is O.O=C([O-])[C@H](O)[C@@H](O)C(=O)O.O=C([O-])[C@H](O)[C@@H](O)C(=O)O.c1c[nH]c(-c2[nH]cc[nH+]2)n1.c1c[nH]c(-c2[nH]cc[nH+]2)n1. The molecule has 0 bridgehead atoms. The third-order valence-corrected chi connectivity index (χ3v) is 4.13. The Morgan fingerprint density at radius 2 is 0.976 bits per heavy atom. The molecule has 4 rings (SSSR count). The van der Waals surface area contributed by atoms with Gasteiger partial charge in [0.2, 0.25) is 11.6 Å². The normalized spacial score (nSPS) is 12.6. The van der Waals surface area contributed by atoms with Crippen LogP contribution in [0.3, 0.4) is 0 Å². The summed E-state index contributed by atoms with van der Waals surface area (Å²) in [5.74, 6) is -4.22. The van der Waals surface area contributed by atoms with Crippen molar-refractivity contribution in [2.75, 3.05) is 0 Å². The fourth-order valence-electron chi connectivity index (χ4n) is 2.19. The number of carboxylic acid groups (broad SMARTS) is 4. The molecule has 4 aromatic rings. The van der Waals surface area contributed by atoms with E-state index in [-0.39, 0.29) is 5.48 Å². The first kappa shape index (κ1) is 35.5. The smallest absolute Gasteiger partial charge is 0.335 e. The van der Waals surface area contributed by atoms with Crippen molar-refractivity contribution < 1.29 is 75.5 Å². The average Bonchev–Trinajstić information content (AvgIpc) is 3.74. The van der Waals surface area contributed by atoms with Crippen LogP contribution in [0.4, 0.5) is 0 Å². The van der Waals surface area contributed by atoms with Crippen LogP contribution >= 0.6 is 0 Å². The molecule has 21 heteroatoms. The quantitative estimate of drug-likeness (QED) is 0.0916. The van der Waals surface area contributed by atoms with Crippen LogP contribution in [0.1, 0.15) is 0 Å². The lowest BCUT2D eigenvalue weighted by atomic mass is 10.2. The Morgan fingerprint density at radius 1 is 0.634 bits per heavy atom. The summed E-state index contributed by atoms with van der Waals surface area (Å²) in [6.45, 7) is 0. The number of aromatic nitrogens is 8. The first-order valence-electron chi connectivity index (χ1n) is 10.6. The Morgan fingerprint density at radius 3 is 1.15 bits per heavy atom. The first-order valence-corrected chi connectivity index (χ1v) is 10.6. The minimum atomic E-state index is -2.38. The second-order valence-corrected chi connectivity index (χ2v) is 6.96. The van der Waals surface area contributed by atoms with E-state index in [0.717, 1.165) is 23.3 Å². The summed E-state index contributed by atoms with van der Waals surface area (Å²) < 4.78 is 0. The molecule has 21 nitrogen and oxygen atoms in total.